The zero-order valence-corrected chi connectivity index (χ0v) is 17.3. The first-order valence-corrected chi connectivity index (χ1v) is 11.1. The maximum absolute atomic E-state index is 12.4. The van der Waals surface area contributed by atoms with Crippen LogP contribution in [0.4, 0.5) is 0 Å². The van der Waals surface area contributed by atoms with Crippen LogP contribution in [0.25, 0.3) is 11.0 Å². The van der Waals surface area contributed by atoms with Gasteiger partial charge >= 0.3 is 11.6 Å². The van der Waals surface area contributed by atoms with Crippen LogP contribution >= 0.6 is 11.8 Å². The van der Waals surface area contributed by atoms with Crippen LogP contribution in [-0.4, -0.2) is 41.1 Å². The topological polar surface area (TPSA) is 106 Å². The van der Waals surface area contributed by atoms with Gasteiger partial charge in [0.25, 0.3) is 5.91 Å². The van der Waals surface area contributed by atoms with Crippen LogP contribution in [-0.2, 0) is 22.4 Å². The number of benzene rings is 1. The van der Waals surface area contributed by atoms with Gasteiger partial charge < -0.3 is 19.6 Å². The van der Waals surface area contributed by atoms with Crippen LogP contribution in [0.1, 0.15) is 37.3 Å². The van der Waals surface area contributed by atoms with Gasteiger partial charge in [0.05, 0.1) is 0 Å². The number of hydrogen-bond donors (Lipinski definition) is 2. The summed E-state index contributed by atoms with van der Waals surface area (Å²) in [5.74, 6) is -0.571. The van der Waals surface area contributed by atoms with Crippen LogP contribution < -0.4 is 15.7 Å². The van der Waals surface area contributed by atoms with E-state index in [1.54, 1.807) is 19.1 Å². The summed E-state index contributed by atoms with van der Waals surface area (Å²) in [6.45, 7) is 1.55. The fourth-order valence-corrected chi connectivity index (χ4v) is 4.01. The molecule has 0 fully saturated rings. The highest BCUT2D eigenvalue weighted by atomic mass is 32.2. The minimum Gasteiger partial charge on any atom is -0.481 e. The Hall–Kier alpha value is -2.48. The Morgan fingerprint density at radius 1 is 1.28 bits per heavy atom. The fourth-order valence-electron chi connectivity index (χ4n) is 3.54. The predicted molar refractivity (Wildman–Crippen MR) is 112 cm³/mol. The normalized spacial score (nSPS) is 15.4. The standard InChI is InChI=1S/C21H25NO6S/c1-12(19(23)22-17(20(24)25)9-10-29-2)27-13-7-8-15-14-5-3-4-6-16(14)21(26)28-18(15)11-13/h7-8,11-12,17H,3-6,9-10H2,1-2H3,(H,22,23)(H,24,25)/t12-,17+/m0/s1. The molecule has 0 bridgehead atoms. The highest BCUT2D eigenvalue weighted by molar-refractivity contribution is 7.98. The Bertz CT molecular complexity index is 970. The van der Waals surface area contributed by atoms with E-state index in [-0.39, 0.29) is 5.63 Å². The SMILES string of the molecule is CSCC[C@@H](NC(=O)[C@H](C)Oc1ccc2c3c(c(=O)oc2c1)CCCC3)C(=O)O. The van der Waals surface area contributed by atoms with Gasteiger partial charge in [-0.25, -0.2) is 9.59 Å². The zero-order chi connectivity index (χ0) is 21.0. The lowest BCUT2D eigenvalue weighted by Gasteiger charge is -2.19. The molecule has 1 aliphatic rings. The van der Waals surface area contributed by atoms with Crippen LogP contribution in [0.2, 0.25) is 0 Å². The van der Waals surface area contributed by atoms with Crippen molar-refractivity contribution < 1.29 is 23.8 Å². The molecule has 2 N–H and O–H groups in total. The van der Waals surface area contributed by atoms with Gasteiger partial charge in [-0.3, -0.25) is 4.79 Å². The molecular formula is C21H25NO6S. The molecule has 3 rings (SSSR count). The van der Waals surface area contributed by atoms with E-state index in [0.717, 1.165) is 42.2 Å². The van der Waals surface area contributed by atoms with Gasteiger partial charge in [-0.1, -0.05) is 0 Å². The largest absolute Gasteiger partial charge is 0.481 e. The van der Waals surface area contributed by atoms with E-state index in [4.69, 9.17) is 9.15 Å². The summed E-state index contributed by atoms with van der Waals surface area (Å²) >= 11 is 1.52. The molecule has 0 radical (unpaired) electrons. The maximum Gasteiger partial charge on any atom is 0.339 e. The first kappa shape index (κ1) is 21.2. The van der Waals surface area contributed by atoms with E-state index in [1.165, 1.54) is 11.8 Å². The first-order chi connectivity index (χ1) is 13.9. The second-order valence-corrected chi connectivity index (χ2v) is 8.14. The molecule has 1 aromatic heterocycles. The number of carbonyl (C=O) groups excluding carboxylic acids is 1. The van der Waals surface area contributed by atoms with E-state index in [2.05, 4.69) is 5.32 Å². The van der Waals surface area contributed by atoms with E-state index >= 15 is 0 Å². The minimum atomic E-state index is -1.07. The third kappa shape index (κ3) is 4.93. The summed E-state index contributed by atoms with van der Waals surface area (Å²) in [6.07, 6.45) is 4.94. The molecular weight excluding hydrogens is 394 g/mol. The van der Waals surface area contributed by atoms with Crippen LogP contribution in [0.15, 0.2) is 27.4 Å². The average Bonchev–Trinajstić information content (AvgIpc) is 2.70. The lowest BCUT2D eigenvalue weighted by atomic mass is 9.91. The molecule has 0 saturated heterocycles. The second-order valence-electron chi connectivity index (χ2n) is 7.15. The third-order valence-electron chi connectivity index (χ3n) is 5.10. The highest BCUT2D eigenvalue weighted by Crippen LogP contribution is 2.29. The number of hydrogen-bond acceptors (Lipinski definition) is 6. The van der Waals surface area contributed by atoms with E-state index in [0.29, 0.717) is 23.5 Å². The van der Waals surface area contributed by atoms with Gasteiger partial charge in [0.15, 0.2) is 6.10 Å². The van der Waals surface area contributed by atoms with Crippen molar-refractivity contribution in [2.24, 2.45) is 0 Å². The van der Waals surface area contributed by atoms with E-state index < -0.39 is 24.0 Å². The smallest absolute Gasteiger partial charge is 0.339 e. The second kappa shape index (κ2) is 9.35. The summed E-state index contributed by atoms with van der Waals surface area (Å²) in [5.41, 5.74) is 1.92. The Morgan fingerprint density at radius 3 is 2.69 bits per heavy atom. The zero-order valence-electron chi connectivity index (χ0n) is 16.5. The number of rotatable bonds is 8. The number of carboxylic acid groups (broad SMARTS) is 1. The molecule has 156 valence electrons. The first-order valence-electron chi connectivity index (χ1n) is 9.68. The molecule has 0 unspecified atom stereocenters. The Labute approximate surface area is 172 Å². The minimum absolute atomic E-state index is 0.312. The Kier molecular flexibility index (Phi) is 6.84. The van der Waals surface area contributed by atoms with Crippen LogP contribution in [0.5, 0.6) is 5.75 Å². The predicted octanol–water partition coefficient (Wildman–Crippen LogP) is 2.76. The molecule has 2 atom stereocenters. The number of ether oxygens (including phenoxy) is 1. The molecule has 0 saturated carbocycles. The fraction of sp³-hybridized carbons (Fsp3) is 0.476. The molecule has 0 spiro atoms. The molecule has 29 heavy (non-hydrogen) atoms. The van der Waals surface area contributed by atoms with Crippen molar-refractivity contribution >= 4 is 34.6 Å². The van der Waals surface area contributed by atoms with Crippen molar-refractivity contribution in [1.82, 2.24) is 5.32 Å². The van der Waals surface area contributed by atoms with Crippen molar-refractivity contribution in [3.63, 3.8) is 0 Å². The summed E-state index contributed by atoms with van der Waals surface area (Å²) in [7, 11) is 0. The molecule has 7 nitrogen and oxygen atoms in total. The van der Waals surface area contributed by atoms with Gasteiger partial charge in [0, 0.05) is 17.0 Å². The molecule has 1 aliphatic carbocycles. The number of nitrogens with one attached hydrogen (secondary N) is 1. The molecule has 8 heteroatoms. The van der Waals surface area contributed by atoms with Gasteiger partial charge in [0.2, 0.25) is 0 Å². The summed E-state index contributed by atoms with van der Waals surface area (Å²) in [5, 5.41) is 12.7. The van der Waals surface area contributed by atoms with Crippen molar-refractivity contribution in [2.45, 2.75) is 51.2 Å². The molecule has 0 aliphatic heterocycles. The van der Waals surface area contributed by atoms with Crippen molar-refractivity contribution in [2.75, 3.05) is 12.0 Å². The van der Waals surface area contributed by atoms with Crippen LogP contribution in [0.3, 0.4) is 0 Å². The highest BCUT2D eigenvalue weighted by Gasteiger charge is 2.24. The van der Waals surface area contributed by atoms with Gasteiger partial charge in [-0.2, -0.15) is 11.8 Å². The summed E-state index contributed by atoms with van der Waals surface area (Å²) in [4.78, 5) is 35.9. The molecule has 1 heterocycles. The summed E-state index contributed by atoms with van der Waals surface area (Å²) < 4.78 is 11.1. The monoisotopic (exact) mass is 419 g/mol. The van der Waals surface area contributed by atoms with E-state index in [1.807, 2.05) is 12.3 Å². The summed E-state index contributed by atoms with van der Waals surface area (Å²) in [6, 6.07) is 4.24. The number of carboxylic acids is 1. The van der Waals surface area contributed by atoms with Crippen molar-refractivity contribution in [3.8, 4) is 5.75 Å². The number of aryl methyl sites for hydroxylation is 1. The number of fused-ring (bicyclic) bond motifs is 3. The lowest BCUT2D eigenvalue weighted by Crippen LogP contribution is -2.46. The quantitative estimate of drug-likeness (QED) is 0.634. The van der Waals surface area contributed by atoms with Gasteiger partial charge in [0.1, 0.15) is 17.4 Å². The number of amides is 1. The van der Waals surface area contributed by atoms with Crippen molar-refractivity contribution in [1.29, 1.82) is 0 Å². The molecule has 1 aromatic carbocycles. The van der Waals surface area contributed by atoms with E-state index in [9.17, 15) is 19.5 Å². The van der Waals surface area contributed by atoms with Crippen LogP contribution in [0, 0.1) is 0 Å². The maximum atomic E-state index is 12.4. The number of carbonyl (C=O) groups is 2. The third-order valence-corrected chi connectivity index (χ3v) is 5.75. The lowest BCUT2D eigenvalue weighted by molar-refractivity contribution is -0.142. The van der Waals surface area contributed by atoms with Crippen molar-refractivity contribution in [3.05, 3.63) is 39.7 Å². The Morgan fingerprint density at radius 2 is 2.00 bits per heavy atom. The van der Waals surface area contributed by atoms with Gasteiger partial charge in [-0.15, -0.1) is 0 Å². The molecule has 1 amide bonds. The molecule has 2 aromatic rings. The average molecular weight is 419 g/mol. The number of thioether (sulfide) groups is 1. The van der Waals surface area contributed by atoms with Gasteiger partial charge in [-0.05, 0) is 68.7 Å². The Balaban J connectivity index is 1.74. The number of aliphatic carboxylic acids is 1.